The van der Waals surface area contributed by atoms with Crippen LogP contribution in [0.4, 0.5) is 0 Å². The van der Waals surface area contributed by atoms with E-state index in [1.54, 1.807) is 7.11 Å². The number of aryl methyl sites for hydroxylation is 1. The molecule has 5 rings (SSSR count). The Bertz CT molecular complexity index is 1030. The van der Waals surface area contributed by atoms with Crippen LogP contribution in [-0.2, 0) is 23.3 Å². The second-order valence-corrected chi connectivity index (χ2v) is 9.56. The predicted octanol–water partition coefficient (Wildman–Crippen LogP) is 5.23. The summed E-state index contributed by atoms with van der Waals surface area (Å²) < 4.78 is 14.0. The Labute approximate surface area is 183 Å². The molecule has 2 aliphatic rings. The fourth-order valence-corrected chi connectivity index (χ4v) is 6.15. The summed E-state index contributed by atoms with van der Waals surface area (Å²) in [6, 6.07) is 13.0. The zero-order valence-corrected chi connectivity index (χ0v) is 18.9. The second-order valence-electron chi connectivity index (χ2n) is 8.56. The maximum Gasteiger partial charge on any atom is 0.119 e. The van der Waals surface area contributed by atoms with E-state index < -0.39 is 0 Å². The molecule has 158 valence electrons. The van der Waals surface area contributed by atoms with Gasteiger partial charge in [0.15, 0.2) is 0 Å². The van der Waals surface area contributed by atoms with Crippen molar-refractivity contribution in [1.29, 1.82) is 0 Å². The van der Waals surface area contributed by atoms with Crippen LogP contribution in [0.2, 0.25) is 0 Å². The summed E-state index contributed by atoms with van der Waals surface area (Å²) in [4.78, 5) is 4.13. The number of nitrogens with zero attached hydrogens (tertiary/aromatic N) is 2. The van der Waals surface area contributed by atoms with E-state index in [0.29, 0.717) is 0 Å². The first-order chi connectivity index (χ1) is 14.6. The van der Waals surface area contributed by atoms with Crippen molar-refractivity contribution in [2.75, 3.05) is 26.8 Å². The Morgan fingerprint density at radius 1 is 1.10 bits per heavy atom. The molecule has 1 saturated heterocycles. The average molecular weight is 423 g/mol. The van der Waals surface area contributed by atoms with Gasteiger partial charge in [-0.1, -0.05) is 0 Å². The first-order valence-electron chi connectivity index (χ1n) is 10.8. The SMILES string of the molecule is COc1ccc(-n2c(C)cc(CN3CCC4(CC3)OCCc3sccc34)c2C)cc1. The largest absolute Gasteiger partial charge is 0.497 e. The Balaban J connectivity index is 1.31. The zero-order chi connectivity index (χ0) is 20.7. The van der Waals surface area contributed by atoms with Gasteiger partial charge < -0.3 is 14.0 Å². The molecule has 0 unspecified atom stereocenters. The average Bonchev–Trinajstić information content (AvgIpc) is 3.36. The summed E-state index contributed by atoms with van der Waals surface area (Å²) in [5.41, 5.74) is 6.64. The summed E-state index contributed by atoms with van der Waals surface area (Å²) in [5.74, 6) is 0.891. The smallest absolute Gasteiger partial charge is 0.119 e. The van der Waals surface area contributed by atoms with Gasteiger partial charge in [-0.05, 0) is 79.6 Å². The van der Waals surface area contributed by atoms with Crippen LogP contribution >= 0.6 is 11.3 Å². The molecular formula is C25H30N2O2S. The monoisotopic (exact) mass is 422 g/mol. The number of methoxy groups -OCH3 is 1. The Hall–Kier alpha value is -2.08. The zero-order valence-electron chi connectivity index (χ0n) is 18.1. The summed E-state index contributed by atoms with van der Waals surface area (Å²) in [6.45, 7) is 8.47. The standard InChI is InChI=1S/C25H30N2O2S/c1-18-16-20(19(2)27(18)21-4-6-22(28-3)7-5-21)17-26-12-10-25(11-13-26)23-9-15-30-24(23)8-14-29-25/h4-7,9,15-16H,8,10-14,17H2,1-3H3. The number of thiophene rings is 1. The van der Waals surface area contributed by atoms with Gasteiger partial charge >= 0.3 is 0 Å². The number of fused-ring (bicyclic) bond motifs is 2. The molecule has 1 aromatic carbocycles. The van der Waals surface area contributed by atoms with Gasteiger partial charge in [0.1, 0.15) is 5.75 Å². The lowest BCUT2D eigenvalue weighted by molar-refractivity contribution is -0.0980. The van der Waals surface area contributed by atoms with E-state index >= 15 is 0 Å². The lowest BCUT2D eigenvalue weighted by atomic mass is 9.82. The quantitative estimate of drug-likeness (QED) is 0.576. The second kappa shape index (κ2) is 7.88. The van der Waals surface area contributed by atoms with Gasteiger partial charge in [-0.3, -0.25) is 4.90 Å². The number of hydrogen-bond donors (Lipinski definition) is 0. The third kappa shape index (κ3) is 3.39. The van der Waals surface area contributed by atoms with Gasteiger partial charge in [0.2, 0.25) is 0 Å². The Kier molecular flexibility index (Phi) is 5.21. The number of piperidine rings is 1. The number of benzene rings is 1. The van der Waals surface area contributed by atoms with Crippen LogP contribution in [0.25, 0.3) is 5.69 Å². The van der Waals surface area contributed by atoms with Gasteiger partial charge in [0.05, 0.1) is 19.3 Å². The molecule has 0 saturated carbocycles. The van der Waals surface area contributed by atoms with Gasteiger partial charge in [0.25, 0.3) is 0 Å². The van der Waals surface area contributed by atoms with Crippen LogP contribution in [0, 0.1) is 13.8 Å². The summed E-state index contributed by atoms with van der Waals surface area (Å²) in [7, 11) is 1.71. The first kappa shape index (κ1) is 19.9. The molecule has 0 N–H and O–H groups in total. The van der Waals surface area contributed by atoms with E-state index in [-0.39, 0.29) is 5.60 Å². The third-order valence-corrected chi connectivity index (χ3v) is 7.85. The molecule has 4 nitrogen and oxygen atoms in total. The summed E-state index contributed by atoms with van der Waals surface area (Å²) in [5, 5.41) is 2.24. The number of hydrogen-bond acceptors (Lipinski definition) is 4. The number of rotatable bonds is 4. The molecule has 5 heteroatoms. The first-order valence-corrected chi connectivity index (χ1v) is 11.7. The van der Waals surface area contributed by atoms with Crippen LogP contribution in [0.5, 0.6) is 5.75 Å². The highest BCUT2D eigenvalue weighted by Gasteiger charge is 2.41. The fraction of sp³-hybridized carbons (Fsp3) is 0.440. The number of ether oxygens (including phenoxy) is 2. The summed E-state index contributed by atoms with van der Waals surface area (Å²) >= 11 is 1.90. The van der Waals surface area contributed by atoms with Crippen LogP contribution in [0.1, 0.15) is 40.2 Å². The van der Waals surface area contributed by atoms with E-state index in [0.717, 1.165) is 51.3 Å². The predicted molar refractivity (Wildman–Crippen MR) is 122 cm³/mol. The van der Waals surface area contributed by atoms with E-state index in [9.17, 15) is 0 Å². The van der Waals surface area contributed by atoms with Crippen molar-refractivity contribution in [2.45, 2.75) is 45.3 Å². The van der Waals surface area contributed by atoms with E-state index in [1.807, 2.05) is 23.5 Å². The van der Waals surface area contributed by atoms with Crippen molar-refractivity contribution >= 4 is 11.3 Å². The van der Waals surface area contributed by atoms with Gasteiger partial charge in [-0.15, -0.1) is 11.3 Å². The van der Waals surface area contributed by atoms with Crippen molar-refractivity contribution < 1.29 is 9.47 Å². The highest BCUT2D eigenvalue weighted by atomic mass is 32.1. The lowest BCUT2D eigenvalue weighted by Gasteiger charge is -2.44. The lowest BCUT2D eigenvalue weighted by Crippen LogP contribution is -2.45. The Morgan fingerprint density at radius 3 is 2.60 bits per heavy atom. The molecule has 3 aromatic rings. The van der Waals surface area contributed by atoms with Crippen LogP contribution in [-0.4, -0.2) is 36.3 Å². The highest BCUT2D eigenvalue weighted by Crippen LogP contribution is 2.43. The molecule has 0 amide bonds. The van der Waals surface area contributed by atoms with Crippen molar-refractivity contribution in [3.8, 4) is 11.4 Å². The minimum Gasteiger partial charge on any atom is -0.497 e. The van der Waals surface area contributed by atoms with Crippen molar-refractivity contribution in [1.82, 2.24) is 9.47 Å². The molecule has 0 aliphatic carbocycles. The maximum atomic E-state index is 6.38. The molecule has 0 atom stereocenters. The molecular weight excluding hydrogens is 392 g/mol. The van der Waals surface area contributed by atoms with E-state index in [4.69, 9.17) is 9.47 Å². The molecule has 30 heavy (non-hydrogen) atoms. The number of likely N-dealkylation sites (tertiary alicyclic amines) is 1. The van der Waals surface area contributed by atoms with Gasteiger partial charge in [-0.2, -0.15) is 0 Å². The topological polar surface area (TPSA) is 26.6 Å². The molecule has 4 heterocycles. The normalized spacial score (nSPS) is 18.5. The molecule has 1 fully saturated rings. The Morgan fingerprint density at radius 2 is 1.87 bits per heavy atom. The minimum absolute atomic E-state index is 0.0376. The van der Waals surface area contributed by atoms with E-state index in [1.165, 1.54) is 33.1 Å². The van der Waals surface area contributed by atoms with Crippen molar-refractivity contribution in [3.63, 3.8) is 0 Å². The molecule has 0 bridgehead atoms. The molecule has 2 aromatic heterocycles. The summed E-state index contributed by atoms with van der Waals surface area (Å²) in [6.07, 6.45) is 3.26. The van der Waals surface area contributed by atoms with Crippen molar-refractivity contribution in [3.05, 3.63) is 69.2 Å². The minimum atomic E-state index is -0.0376. The van der Waals surface area contributed by atoms with E-state index in [2.05, 4.69) is 53.0 Å². The molecule has 1 spiro atoms. The van der Waals surface area contributed by atoms with Gasteiger partial charge in [0, 0.05) is 48.0 Å². The molecule has 0 radical (unpaired) electrons. The highest BCUT2D eigenvalue weighted by molar-refractivity contribution is 7.10. The molecule has 2 aliphatic heterocycles. The third-order valence-electron chi connectivity index (χ3n) is 6.87. The number of aromatic nitrogens is 1. The maximum absolute atomic E-state index is 6.38. The van der Waals surface area contributed by atoms with Crippen molar-refractivity contribution in [2.24, 2.45) is 0 Å². The van der Waals surface area contributed by atoms with Gasteiger partial charge in [-0.25, -0.2) is 0 Å². The van der Waals surface area contributed by atoms with Crippen LogP contribution in [0.15, 0.2) is 41.8 Å². The van der Waals surface area contributed by atoms with Crippen LogP contribution < -0.4 is 4.74 Å². The fourth-order valence-electron chi connectivity index (χ4n) is 5.20. The van der Waals surface area contributed by atoms with Crippen LogP contribution in [0.3, 0.4) is 0 Å².